The Bertz CT molecular complexity index is 839. The molecular weight excluding hydrogens is 298 g/mol. The van der Waals surface area contributed by atoms with E-state index >= 15 is 0 Å². The van der Waals surface area contributed by atoms with Crippen molar-refractivity contribution in [3.05, 3.63) is 82.1 Å². The zero-order valence-electron chi connectivity index (χ0n) is 14.0. The van der Waals surface area contributed by atoms with Gasteiger partial charge in [0.1, 0.15) is 0 Å². The Labute approximate surface area is 142 Å². The number of H-pyrrole nitrogens is 1. The minimum absolute atomic E-state index is 0.0455. The van der Waals surface area contributed by atoms with Crippen molar-refractivity contribution >= 4 is 10.9 Å². The molecule has 0 aliphatic carbocycles. The van der Waals surface area contributed by atoms with Crippen LogP contribution in [0, 0.1) is 0 Å². The Balaban J connectivity index is 1.86. The third-order valence-corrected chi connectivity index (χ3v) is 4.22. The standard InChI is InChI=1S/C21H23NO2/c1-2-3-13-21(24-15-16-9-5-4-6-10-16)19-14-20(23)17-11-7-8-12-18(17)22-19/h4-12,14,21H,2-3,13,15H2,1H3,(H,22,23). The number of hydrogen-bond donors (Lipinski definition) is 1. The van der Waals surface area contributed by atoms with Crippen molar-refractivity contribution < 1.29 is 4.74 Å². The lowest BCUT2D eigenvalue weighted by atomic mass is 10.1. The molecule has 0 aliphatic rings. The second-order valence-electron chi connectivity index (χ2n) is 6.06. The molecule has 0 bridgehead atoms. The van der Waals surface area contributed by atoms with Gasteiger partial charge >= 0.3 is 0 Å². The molecule has 24 heavy (non-hydrogen) atoms. The molecule has 124 valence electrons. The molecule has 1 heterocycles. The molecule has 0 saturated heterocycles. The van der Waals surface area contributed by atoms with E-state index in [0.717, 1.165) is 41.4 Å². The summed E-state index contributed by atoms with van der Waals surface area (Å²) < 4.78 is 6.15. The normalized spacial score (nSPS) is 12.4. The third kappa shape index (κ3) is 3.92. The molecule has 3 aromatic rings. The first-order valence-corrected chi connectivity index (χ1v) is 8.55. The van der Waals surface area contributed by atoms with Crippen LogP contribution in [0.3, 0.4) is 0 Å². The number of unbranched alkanes of at least 4 members (excludes halogenated alkanes) is 1. The second-order valence-corrected chi connectivity index (χ2v) is 6.06. The van der Waals surface area contributed by atoms with E-state index in [4.69, 9.17) is 4.74 Å². The molecule has 0 saturated carbocycles. The largest absolute Gasteiger partial charge is 0.367 e. The van der Waals surface area contributed by atoms with Crippen molar-refractivity contribution in [3.8, 4) is 0 Å². The minimum atomic E-state index is -0.0949. The fraction of sp³-hybridized carbons (Fsp3) is 0.286. The molecule has 2 aromatic carbocycles. The Morgan fingerprint density at radius 3 is 2.58 bits per heavy atom. The van der Waals surface area contributed by atoms with Gasteiger partial charge in [-0.1, -0.05) is 62.2 Å². The highest BCUT2D eigenvalue weighted by molar-refractivity contribution is 5.78. The van der Waals surface area contributed by atoms with Gasteiger partial charge in [0.2, 0.25) is 0 Å². The van der Waals surface area contributed by atoms with Crippen LogP contribution in [0.2, 0.25) is 0 Å². The summed E-state index contributed by atoms with van der Waals surface area (Å²) in [5, 5.41) is 0.721. The molecular formula is C21H23NO2. The molecule has 0 radical (unpaired) electrons. The minimum Gasteiger partial charge on any atom is -0.367 e. The number of aromatic amines is 1. The highest BCUT2D eigenvalue weighted by Gasteiger charge is 2.14. The van der Waals surface area contributed by atoms with Crippen LogP contribution < -0.4 is 5.43 Å². The van der Waals surface area contributed by atoms with Crippen LogP contribution >= 0.6 is 0 Å². The molecule has 0 spiro atoms. The zero-order chi connectivity index (χ0) is 16.8. The fourth-order valence-electron chi connectivity index (χ4n) is 2.88. The van der Waals surface area contributed by atoms with Crippen LogP contribution in [-0.4, -0.2) is 4.98 Å². The van der Waals surface area contributed by atoms with Gasteiger partial charge in [-0.3, -0.25) is 4.79 Å². The fourth-order valence-corrected chi connectivity index (χ4v) is 2.88. The van der Waals surface area contributed by atoms with Gasteiger partial charge in [0.05, 0.1) is 12.7 Å². The maximum atomic E-state index is 12.4. The van der Waals surface area contributed by atoms with E-state index in [-0.39, 0.29) is 11.5 Å². The van der Waals surface area contributed by atoms with Gasteiger partial charge in [-0.05, 0) is 24.1 Å². The number of benzene rings is 2. The van der Waals surface area contributed by atoms with Crippen molar-refractivity contribution in [1.82, 2.24) is 4.98 Å². The van der Waals surface area contributed by atoms with Crippen LogP contribution in [0.25, 0.3) is 10.9 Å². The van der Waals surface area contributed by atoms with Crippen LogP contribution in [0.4, 0.5) is 0 Å². The summed E-state index contributed by atoms with van der Waals surface area (Å²) in [6, 6.07) is 19.4. The van der Waals surface area contributed by atoms with E-state index in [1.807, 2.05) is 42.5 Å². The Hall–Kier alpha value is -2.39. The summed E-state index contributed by atoms with van der Waals surface area (Å²) >= 11 is 0. The lowest BCUT2D eigenvalue weighted by Crippen LogP contribution is -2.12. The topological polar surface area (TPSA) is 42.1 Å². The summed E-state index contributed by atoms with van der Waals surface area (Å²) in [6.07, 6.45) is 2.97. The maximum Gasteiger partial charge on any atom is 0.189 e. The molecule has 1 aromatic heterocycles. The van der Waals surface area contributed by atoms with Gasteiger partial charge in [0.25, 0.3) is 0 Å². The van der Waals surface area contributed by atoms with Gasteiger partial charge in [0.15, 0.2) is 5.43 Å². The Morgan fingerprint density at radius 1 is 1.04 bits per heavy atom. The molecule has 3 heteroatoms. The van der Waals surface area contributed by atoms with Gasteiger partial charge in [0, 0.05) is 22.7 Å². The summed E-state index contributed by atoms with van der Waals surface area (Å²) in [5.41, 5.74) is 2.92. The summed E-state index contributed by atoms with van der Waals surface area (Å²) in [4.78, 5) is 15.8. The average Bonchev–Trinajstić information content (AvgIpc) is 2.62. The smallest absolute Gasteiger partial charge is 0.189 e. The predicted octanol–water partition coefficient (Wildman–Crippen LogP) is 4.98. The van der Waals surface area contributed by atoms with E-state index < -0.39 is 0 Å². The summed E-state index contributed by atoms with van der Waals surface area (Å²) in [6.45, 7) is 2.71. The number of pyridine rings is 1. The number of fused-ring (bicyclic) bond motifs is 1. The number of para-hydroxylation sites is 1. The van der Waals surface area contributed by atoms with Crippen molar-refractivity contribution in [3.63, 3.8) is 0 Å². The summed E-state index contributed by atoms with van der Waals surface area (Å²) in [7, 11) is 0. The van der Waals surface area contributed by atoms with E-state index in [2.05, 4.69) is 24.0 Å². The van der Waals surface area contributed by atoms with Gasteiger partial charge in [-0.15, -0.1) is 0 Å². The third-order valence-electron chi connectivity index (χ3n) is 4.22. The first-order valence-electron chi connectivity index (χ1n) is 8.55. The van der Waals surface area contributed by atoms with Crippen molar-refractivity contribution in [2.24, 2.45) is 0 Å². The van der Waals surface area contributed by atoms with Gasteiger partial charge in [-0.2, -0.15) is 0 Å². The highest BCUT2D eigenvalue weighted by Crippen LogP contribution is 2.24. The zero-order valence-corrected chi connectivity index (χ0v) is 14.0. The van der Waals surface area contributed by atoms with Crippen LogP contribution in [0.5, 0.6) is 0 Å². The van der Waals surface area contributed by atoms with Crippen molar-refractivity contribution in [2.75, 3.05) is 0 Å². The maximum absolute atomic E-state index is 12.4. The molecule has 0 fully saturated rings. The molecule has 1 atom stereocenters. The first kappa shape index (κ1) is 16.5. The number of ether oxygens (including phenoxy) is 1. The van der Waals surface area contributed by atoms with E-state index in [1.165, 1.54) is 0 Å². The van der Waals surface area contributed by atoms with Crippen LogP contribution in [-0.2, 0) is 11.3 Å². The first-order chi connectivity index (χ1) is 11.8. The van der Waals surface area contributed by atoms with E-state index in [0.29, 0.717) is 6.61 Å². The lowest BCUT2D eigenvalue weighted by molar-refractivity contribution is 0.0298. The number of hydrogen-bond acceptors (Lipinski definition) is 2. The second kappa shape index (κ2) is 7.93. The lowest BCUT2D eigenvalue weighted by Gasteiger charge is -2.18. The van der Waals surface area contributed by atoms with Crippen LogP contribution in [0.1, 0.15) is 43.5 Å². The molecule has 3 nitrogen and oxygen atoms in total. The highest BCUT2D eigenvalue weighted by atomic mass is 16.5. The molecule has 0 amide bonds. The van der Waals surface area contributed by atoms with Crippen LogP contribution in [0.15, 0.2) is 65.5 Å². The SMILES string of the molecule is CCCCC(OCc1ccccc1)c1cc(=O)c2ccccc2[nH]1. The Morgan fingerprint density at radius 2 is 1.79 bits per heavy atom. The van der Waals surface area contributed by atoms with E-state index in [9.17, 15) is 4.79 Å². The Kier molecular flexibility index (Phi) is 5.44. The average molecular weight is 321 g/mol. The number of aromatic nitrogens is 1. The monoisotopic (exact) mass is 321 g/mol. The quantitative estimate of drug-likeness (QED) is 0.667. The number of rotatable bonds is 7. The van der Waals surface area contributed by atoms with Crippen molar-refractivity contribution in [1.29, 1.82) is 0 Å². The molecule has 1 N–H and O–H groups in total. The van der Waals surface area contributed by atoms with Crippen molar-refractivity contribution in [2.45, 2.75) is 38.9 Å². The number of nitrogens with one attached hydrogen (secondary N) is 1. The molecule has 3 rings (SSSR count). The molecule has 1 unspecified atom stereocenters. The predicted molar refractivity (Wildman–Crippen MR) is 98.1 cm³/mol. The van der Waals surface area contributed by atoms with E-state index in [1.54, 1.807) is 6.07 Å². The molecule has 0 aliphatic heterocycles. The van der Waals surface area contributed by atoms with Gasteiger partial charge < -0.3 is 9.72 Å². The summed E-state index contributed by atoms with van der Waals surface area (Å²) in [5.74, 6) is 0. The van der Waals surface area contributed by atoms with Gasteiger partial charge in [-0.25, -0.2) is 0 Å².